The van der Waals surface area contributed by atoms with Crippen molar-refractivity contribution in [1.29, 1.82) is 0 Å². The summed E-state index contributed by atoms with van der Waals surface area (Å²) < 4.78 is 25.7. The smallest absolute Gasteiger partial charge is 0.399 e. The molecule has 0 aliphatic carbocycles. The van der Waals surface area contributed by atoms with E-state index in [1.165, 1.54) is 23.9 Å². The van der Waals surface area contributed by atoms with E-state index in [2.05, 4.69) is 17.4 Å². The Hall–Kier alpha value is -1.41. The molecule has 3 rings (SSSR count). The molecule has 27 heavy (non-hydrogen) atoms. The fraction of sp³-hybridized carbons (Fsp3) is 0.350. The number of hydrogen-bond donors (Lipinski definition) is 1. The van der Waals surface area contributed by atoms with Crippen LogP contribution in [0.1, 0.15) is 33.3 Å². The van der Waals surface area contributed by atoms with Crippen molar-refractivity contribution in [1.82, 2.24) is 0 Å². The van der Waals surface area contributed by atoms with E-state index >= 15 is 0 Å². The third-order valence-corrected chi connectivity index (χ3v) is 6.26. The van der Waals surface area contributed by atoms with E-state index in [1.807, 2.05) is 39.8 Å². The van der Waals surface area contributed by atoms with Crippen LogP contribution in [0.15, 0.2) is 48.5 Å². The molecule has 1 aliphatic rings. The van der Waals surface area contributed by atoms with Gasteiger partial charge in [-0.05, 0) is 63.0 Å². The zero-order valence-electron chi connectivity index (χ0n) is 15.9. The second-order valence-electron chi connectivity index (χ2n) is 7.54. The monoisotopic (exact) mass is 403 g/mol. The lowest BCUT2D eigenvalue weighted by Gasteiger charge is -2.32. The summed E-state index contributed by atoms with van der Waals surface area (Å²) >= 11 is 6.88. The Morgan fingerprint density at radius 2 is 1.56 bits per heavy atom. The Morgan fingerprint density at radius 3 is 2.11 bits per heavy atom. The highest BCUT2D eigenvalue weighted by Gasteiger charge is 2.51. The summed E-state index contributed by atoms with van der Waals surface area (Å²) in [6.45, 7) is 8.19. The van der Waals surface area contributed by atoms with E-state index in [4.69, 9.17) is 21.5 Å². The van der Waals surface area contributed by atoms with Crippen molar-refractivity contribution in [3.05, 3.63) is 59.9 Å². The molecule has 3 nitrogen and oxygen atoms in total. The minimum Gasteiger partial charge on any atom is -0.399 e. The zero-order valence-corrected chi connectivity index (χ0v) is 17.5. The van der Waals surface area contributed by atoms with Crippen LogP contribution in [0.3, 0.4) is 0 Å². The van der Waals surface area contributed by atoms with Gasteiger partial charge in [0.2, 0.25) is 0 Å². The first kappa shape index (κ1) is 20.3. The summed E-state index contributed by atoms with van der Waals surface area (Å²) in [5.41, 5.74) is 2.26. The van der Waals surface area contributed by atoms with Crippen LogP contribution in [0.25, 0.3) is 0 Å². The lowest BCUT2D eigenvalue weighted by molar-refractivity contribution is 0.00578. The Kier molecular flexibility index (Phi) is 5.96. The molecule has 7 heteroatoms. The van der Waals surface area contributed by atoms with Gasteiger partial charge in [0.15, 0.2) is 0 Å². The summed E-state index contributed by atoms with van der Waals surface area (Å²) in [5, 5.41) is 3.10. The molecule has 1 aliphatic heterocycles. The van der Waals surface area contributed by atoms with Gasteiger partial charge in [-0.15, -0.1) is 0 Å². The third kappa shape index (κ3) is 4.91. The summed E-state index contributed by atoms with van der Waals surface area (Å²) in [6.07, 6.45) is 0. The molecule has 0 amide bonds. The standard InChI is InChI=1S/C20H23BFNO2S2/c1-19(2)20(3,4)25-21(24-19)15-7-5-14(6-8-15)13-27-18(26)23-17-11-9-16(22)10-12-17/h5-12H,13H2,1-4H3,(H,23,26). The summed E-state index contributed by atoms with van der Waals surface area (Å²) in [5.74, 6) is 0.484. The molecule has 2 aromatic rings. The zero-order chi connectivity index (χ0) is 19.7. The quantitative estimate of drug-likeness (QED) is 0.588. The molecule has 1 saturated heterocycles. The average Bonchev–Trinajstić information content (AvgIpc) is 2.83. The van der Waals surface area contributed by atoms with Crippen molar-refractivity contribution in [3.8, 4) is 0 Å². The molecule has 0 saturated carbocycles. The molecule has 0 atom stereocenters. The minimum absolute atomic E-state index is 0.263. The predicted octanol–water partition coefficient (Wildman–Crippen LogP) is 4.76. The molecule has 142 valence electrons. The highest BCUT2D eigenvalue weighted by atomic mass is 32.2. The van der Waals surface area contributed by atoms with E-state index in [-0.39, 0.29) is 24.1 Å². The normalized spacial score (nSPS) is 17.7. The molecule has 2 aromatic carbocycles. The van der Waals surface area contributed by atoms with Gasteiger partial charge in [-0.3, -0.25) is 0 Å². The Balaban J connectivity index is 1.54. The maximum atomic E-state index is 12.9. The predicted molar refractivity (Wildman–Crippen MR) is 116 cm³/mol. The number of nitrogens with one attached hydrogen (secondary N) is 1. The van der Waals surface area contributed by atoms with Crippen molar-refractivity contribution in [2.75, 3.05) is 5.32 Å². The van der Waals surface area contributed by atoms with E-state index in [0.29, 0.717) is 4.32 Å². The van der Waals surface area contributed by atoms with Gasteiger partial charge in [-0.25, -0.2) is 4.39 Å². The van der Waals surface area contributed by atoms with Crippen LogP contribution in [0.4, 0.5) is 10.1 Å². The number of anilines is 1. The fourth-order valence-electron chi connectivity index (χ4n) is 2.59. The van der Waals surface area contributed by atoms with Gasteiger partial charge in [-0.1, -0.05) is 48.2 Å². The Morgan fingerprint density at radius 1 is 1.00 bits per heavy atom. The number of halogens is 1. The van der Waals surface area contributed by atoms with E-state index in [0.717, 1.165) is 22.5 Å². The lowest BCUT2D eigenvalue weighted by Crippen LogP contribution is -2.41. The third-order valence-electron chi connectivity index (χ3n) is 4.97. The average molecular weight is 403 g/mol. The van der Waals surface area contributed by atoms with Gasteiger partial charge in [0.1, 0.15) is 10.1 Å². The van der Waals surface area contributed by atoms with Gasteiger partial charge in [0.05, 0.1) is 11.2 Å². The SMILES string of the molecule is CC1(C)OB(c2ccc(CSC(=S)Nc3ccc(F)cc3)cc2)OC1(C)C. The fourth-order valence-corrected chi connectivity index (χ4v) is 3.56. The second-order valence-corrected chi connectivity index (χ2v) is 9.19. The highest BCUT2D eigenvalue weighted by molar-refractivity contribution is 8.22. The van der Waals surface area contributed by atoms with Crippen molar-refractivity contribution >= 4 is 46.6 Å². The van der Waals surface area contributed by atoms with Gasteiger partial charge in [0, 0.05) is 11.4 Å². The molecule has 1 fully saturated rings. The van der Waals surface area contributed by atoms with Crippen molar-refractivity contribution in [3.63, 3.8) is 0 Å². The number of benzene rings is 2. The summed E-state index contributed by atoms with van der Waals surface area (Å²) in [6, 6.07) is 14.3. The van der Waals surface area contributed by atoms with Crippen molar-refractivity contribution in [2.45, 2.75) is 44.6 Å². The molecule has 0 radical (unpaired) electrons. The van der Waals surface area contributed by atoms with E-state index in [1.54, 1.807) is 12.1 Å². The van der Waals surface area contributed by atoms with Crippen LogP contribution in [-0.4, -0.2) is 22.6 Å². The van der Waals surface area contributed by atoms with Crippen LogP contribution < -0.4 is 10.8 Å². The molecular weight excluding hydrogens is 380 g/mol. The molecule has 1 N–H and O–H groups in total. The molecule has 0 bridgehead atoms. The van der Waals surface area contributed by atoms with Crippen LogP contribution in [0.2, 0.25) is 0 Å². The van der Waals surface area contributed by atoms with Gasteiger partial charge in [0.25, 0.3) is 0 Å². The first-order valence-corrected chi connectivity index (χ1v) is 10.2. The molecule has 1 heterocycles. The first-order chi connectivity index (χ1) is 12.7. The van der Waals surface area contributed by atoms with Crippen molar-refractivity contribution < 1.29 is 13.7 Å². The molecular formula is C20H23BFNO2S2. The maximum absolute atomic E-state index is 12.9. The van der Waals surface area contributed by atoms with Crippen molar-refractivity contribution in [2.24, 2.45) is 0 Å². The van der Waals surface area contributed by atoms with Crippen LogP contribution in [-0.2, 0) is 15.1 Å². The summed E-state index contributed by atoms with van der Waals surface area (Å²) in [7, 11) is -0.349. The summed E-state index contributed by atoms with van der Waals surface area (Å²) in [4.78, 5) is 0. The Labute approximate surface area is 170 Å². The lowest BCUT2D eigenvalue weighted by atomic mass is 9.79. The first-order valence-electron chi connectivity index (χ1n) is 8.80. The van der Waals surface area contributed by atoms with Gasteiger partial charge < -0.3 is 14.6 Å². The molecule has 0 unspecified atom stereocenters. The number of hydrogen-bond acceptors (Lipinski definition) is 4. The number of thioether (sulfide) groups is 1. The molecule has 0 spiro atoms. The maximum Gasteiger partial charge on any atom is 0.494 e. The largest absolute Gasteiger partial charge is 0.494 e. The number of thiocarbonyl (C=S) groups is 1. The van der Waals surface area contributed by atoms with E-state index < -0.39 is 0 Å². The number of rotatable bonds is 4. The van der Waals surface area contributed by atoms with E-state index in [9.17, 15) is 4.39 Å². The van der Waals surface area contributed by atoms with Crippen LogP contribution in [0.5, 0.6) is 0 Å². The van der Waals surface area contributed by atoms with Gasteiger partial charge in [-0.2, -0.15) is 0 Å². The Bertz CT molecular complexity index is 794. The van der Waals surface area contributed by atoms with Gasteiger partial charge >= 0.3 is 7.12 Å². The van der Waals surface area contributed by atoms with Crippen LogP contribution in [0, 0.1) is 5.82 Å². The second kappa shape index (κ2) is 7.91. The highest BCUT2D eigenvalue weighted by Crippen LogP contribution is 2.36. The van der Waals surface area contributed by atoms with Crippen LogP contribution >= 0.6 is 24.0 Å². The molecule has 0 aromatic heterocycles. The minimum atomic E-state index is -0.349. The topological polar surface area (TPSA) is 30.5 Å².